The van der Waals surface area contributed by atoms with Crippen LogP contribution in [-0.4, -0.2) is 76.7 Å². The molecule has 5 atom stereocenters. The monoisotopic (exact) mass is 468 g/mol. The number of hydrogen-bond donors (Lipinski definition) is 1. The largest absolute Gasteiger partial charge is 0.461 e. The summed E-state index contributed by atoms with van der Waals surface area (Å²) in [6.07, 6.45) is 4.10. The lowest BCUT2D eigenvalue weighted by molar-refractivity contribution is -0.154. The third kappa shape index (κ3) is 4.05. The summed E-state index contributed by atoms with van der Waals surface area (Å²) in [5.74, 6) is -2.55. The van der Waals surface area contributed by atoms with Gasteiger partial charge >= 0.3 is 5.97 Å². The van der Waals surface area contributed by atoms with Crippen molar-refractivity contribution in [1.82, 2.24) is 9.80 Å². The maximum Gasteiger partial charge on any atom is 0.312 e. The Labute approximate surface area is 199 Å². The molecule has 8 nitrogen and oxygen atoms in total. The highest BCUT2D eigenvalue weighted by atomic mass is 16.6. The van der Waals surface area contributed by atoms with E-state index >= 15 is 0 Å². The Kier molecular flexibility index (Phi) is 7.19. The minimum atomic E-state index is -1.08. The van der Waals surface area contributed by atoms with Gasteiger partial charge in [-0.05, 0) is 24.8 Å². The fraction of sp³-hybridized carbons (Fsp3) is 0.500. The van der Waals surface area contributed by atoms with Crippen LogP contribution in [0.5, 0.6) is 0 Å². The summed E-state index contributed by atoms with van der Waals surface area (Å²) in [5.41, 5.74) is -0.122. The molecule has 1 spiro atoms. The van der Waals surface area contributed by atoms with Gasteiger partial charge in [-0.3, -0.25) is 14.4 Å². The first-order valence-corrected chi connectivity index (χ1v) is 11.8. The highest BCUT2D eigenvalue weighted by Gasteiger charge is 2.74. The smallest absolute Gasteiger partial charge is 0.312 e. The Morgan fingerprint density at radius 2 is 2.03 bits per heavy atom. The zero-order chi connectivity index (χ0) is 24.3. The number of carbonyl (C=O) groups excluding carboxylic acids is 3. The molecule has 2 bridgehead atoms. The number of carbonyl (C=O) groups is 3. The van der Waals surface area contributed by atoms with Crippen LogP contribution in [0, 0.1) is 11.8 Å². The molecule has 3 saturated heterocycles. The molecule has 34 heavy (non-hydrogen) atoms. The molecule has 0 saturated carbocycles. The number of benzene rings is 1. The zero-order valence-corrected chi connectivity index (χ0v) is 19.3. The first-order chi connectivity index (χ1) is 16.5. The first-order valence-electron chi connectivity index (χ1n) is 11.8. The third-order valence-corrected chi connectivity index (χ3v) is 7.08. The fourth-order valence-electron chi connectivity index (χ4n) is 5.78. The molecule has 0 aromatic heterocycles. The van der Waals surface area contributed by atoms with Gasteiger partial charge in [0.05, 0.1) is 17.9 Å². The fourth-order valence-corrected chi connectivity index (χ4v) is 5.78. The number of fused-ring (bicyclic) bond motifs is 1. The van der Waals surface area contributed by atoms with Gasteiger partial charge in [0.1, 0.15) is 18.2 Å². The maximum absolute atomic E-state index is 14.0. The third-order valence-electron chi connectivity index (χ3n) is 7.08. The summed E-state index contributed by atoms with van der Waals surface area (Å²) in [6, 6.07) is 8.74. The van der Waals surface area contributed by atoms with Gasteiger partial charge in [-0.2, -0.15) is 0 Å². The van der Waals surface area contributed by atoms with Crippen molar-refractivity contribution >= 4 is 17.8 Å². The molecule has 182 valence electrons. The molecule has 1 aromatic rings. The van der Waals surface area contributed by atoms with Crippen LogP contribution in [0.1, 0.15) is 24.8 Å². The Morgan fingerprint density at radius 3 is 2.71 bits per heavy atom. The van der Waals surface area contributed by atoms with E-state index in [9.17, 15) is 19.5 Å². The van der Waals surface area contributed by atoms with Crippen molar-refractivity contribution in [3.63, 3.8) is 0 Å². The van der Waals surface area contributed by atoms with E-state index in [4.69, 9.17) is 9.47 Å². The predicted octanol–water partition coefficient (Wildman–Crippen LogP) is 1.69. The summed E-state index contributed by atoms with van der Waals surface area (Å²) in [5, 5.41) is 9.43. The van der Waals surface area contributed by atoms with Gasteiger partial charge in [-0.25, -0.2) is 0 Å². The molecule has 2 amide bonds. The van der Waals surface area contributed by atoms with Gasteiger partial charge in [0.15, 0.2) is 0 Å². The van der Waals surface area contributed by atoms with Gasteiger partial charge in [0, 0.05) is 26.2 Å². The minimum absolute atomic E-state index is 0.0523. The van der Waals surface area contributed by atoms with Gasteiger partial charge in [0.2, 0.25) is 11.8 Å². The van der Waals surface area contributed by atoms with Crippen molar-refractivity contribution in [2.75, 3.05) is 26.3 Å². The van der Waals surface area contributed by atoms with E-state index < -0.39 is 35.6 Å². The summed E-state index contributed by atoms with van der Waals surface area (Å²) in [4.78, 5) is 43.8. The van der Waals surface area contributed by atoms with Crippen molar-refractivity contribution in [3.8, 4) is 0 Å². The molecule has 4 rings (SSSR count). The van der Waals surface area contributed by atoms with E-state index in [1.54, 1.807) is 11.0 Å². The highest BCUT2D eigenvalue weighted by Crippen LogP contribution is 2.58. The number of hydrogen-bond acceptors (Lipinski definition) is 6. The van der Waals surface area contributed by atoms with Crippen molar-refractivity contribution in [3.05, 3.63) is 61.2 Å². The second kappa shape index (κ2) is 10.1. The van der Waals surface area contributed by atoms with Crippen molar-refractivity contribution in [2.24, 2.45) is 11.8 Å². The summed E-state index contributed by atoms with van der Waals surface area (Å²) >= 11 is 0. The van der Waals surface area contributed by atoms with Crippen molar-refractivity contribution < 1.29 is 29.0 Å². The molecular weight excluding hydrogens is 436 g/mol. The molecule has 1 N–H and O–H groups in total. The molecular formula is C26H32N2O6. The average molecular weight is 469 g/mol. The number of likely N-dealkylation sites (tertiary alicyclic amines) is 1. The van der Waals surface area contributed by atoms with Crippen LogP contribution in [0.15, 0.2) is 55.6 Å². The van der Waals surface area contributed by atoms with Gasteiger partial charge in [0.25, 0.3) is 0 Å². The van der Waals surface area contributed by atoms with Gasteiger partial charge in [-0.15, -0.1) is 6.58 Å². The molecule has 1 aromatic carbocycles. The Bertz CT molecular complexity index is 950. The lowest BCUT2D eigenvalue weighted by Crippen LogP contribution is -2.56. The second-order valence-electron chi connectivity index (χ2n) is 9.08. The van der Waals surface area contributed by atoms with Crippen LogP contribution < -0.4 is 0 Å². The molecule has 3 heterocycles. The van der Waals surface area contributed by atoms with Crippen molar-refractivity contribution in [1.29, 1.82) is 0 Å². The number of nitrogens with zero attached hydrogens (tertiary/aromatic N) is 2. The van der Waals surface area contributed by atoms with Crippen molar-refractivity contribution in [2.45, 2.75) is 43.6 Å². The molecule has 8 heteroatoms. The Hall–Kier alpha value is -2.97. The highest BCUT2D eigenvalue weighted by molar-refractivity contribution is 5.98. The van der Waals surface area contributed by atoms with E-state index in [2.05, 4.69) is 13.2 Å². The van der Waals surface area contributed by atoms with Crippen LogP contribution in [0.4, 0.5) is 0 Å². The second-order valence-corrected chi connectivity index (χ2v) is 9.08. The number of ether oxygens (including phenoxy) is 2. The van der Waals surface area contributed by atoms with E-state index in [1.165, 1.54) is 11.0 Å². The average Bonchev–Trinajstić information content (AvgIpc) is 3.48. The van der Waals surface area contributed by atoms with Crippen LogP contribution in [-0.2, 0) is 30.4 Å². The van der Waals surface area contributed by atoms with Crippen LogP contribution >= 0.6 is 0 Å². The van der Waals surface area contributed by atoms with E-state index in [0.29, 0.717) is 32.4 Å². The number of amides is 2. The summed E-state index contributed by atoms with van der Waals surface area (Å²) < 4.78 is 11.7. The predicted molar refractivity (Wildman–Crippen MR) is 124 cm³/mol. The Morgan fingerprint density at radius 1 is 1.26 bits per heavy atom. The number of rotatable bonds is 11. The molecule has 0 aliphatic carbocycles. The SMILES string of the molecule is C=CCOC(=O)[C@@H]1[C@@H]2CCC3(O2)C(C(=O)N(CC=C)Cc2ccccc2)N(CCCO)C(=O)[C@H]13. The minimum Gasteiger partial charge on any atom is -0.461 e. The summed E-state index contributed by atoms with van der Waals surface area (Å²) in [7, 11) is 0. The molecule has 3 aliphatic rings. The van der Waals surface area contributed by atoms with Gasteiger partial charge in [-0.1, -0.05) is 49.1 Å². The van der Waals surface area contributed by atoms with E-state index in [0.717, 1.165) is 5.56 Å². The molecule has 2 unspecified atom stereocenters. The first kappa shape index (κ1) is 24.2. The maximum atomic E-state index is 14.0. The molecule has 3 aliphatic heterocycles. The number of aliphatic hydroxyl groups is 1. The van der Waals surface area contributed by atoms with Crippen LogP contribution in [0.3, 0.4) is 0 Å². The quantitative estimate of drug-likeness (QED) is 0.392. The lowest BCUT2D eigenvalue weighted by Gasteiger charge is -2.36. The summed E-state index contributed by atoms with van der Waals surface area (Å²) in [6.45, 7) is 8.19. The van der Waals surface area contributed by atoms with Crippen LogP contribution in [0.2, 0.25) is 0 Å². The van der Waals surface area contributed by atoms with Gasteiger partial charge < -0.3 is 24.4 Å². The normalized spacial score (nSPS) is 29.1. The zero-order valence-electron chi connectivity index (χ0n) is 19.3. The van der Waals surface area contributed by atoms with E-state index in [1.807, 2.05) is 30.3 Å². The molecule has 3 fully saturated rings. The number of esters is 1. The van der Waals surface area contributed by atoms with Crippen LogP contribution in [0.25, 0.3) is 0 Å². The Balaban J connectivity index is 1.68. The topological polar surface area (TPSA) is 96.4 Å². The lowest BCUT2D eigenvalue weighted by atomic mass is 9.70. The standard InChI is InChI=1S/C26H32N2O6/c1-3-13-27(17-18-9-6-5-7-10-18)24(31)22-26-12-11-19(34-26)20(25(32)33-16-4-2)21(26)23(30)28(22)14-8-15-29/h3-7,9-10,19-22,29H,1-2,8,11-17H2/t19-,20+,21-,22?,26?/m0/s1. The molecule has 0 radical (unpaired) electrons. The number of aliphatic hydroxyl groups excluding tert-OH is 1. The van der Waals surface area contributed by atoms with E-state index in [-0.39, 0.29) is 31.6 Å².